The number of aryl methyl sites for hydroxylation is 1. The van der Waals surface area contributed by atoms with Crippen molar-refractivity contribution in [3.8, 4) is 11.3 Å². The van der Waals surface area contributed by atoms with Crippen molar-refractivity contribution in [3.63, 3.8) is 0 Å². The predicted octanol–water partition coefficient (Wildman–Crippen LogP) is 4.36. The first-order valence-electron chi connectivity index (χ1n) is 8.03. The number of para-hydroxylation sites is 1. The van der Waals surface area contributed by atoms with E-state index in [-0.39, 0.29) is 5.69 Å². The van der Waals surface area contributed by atoms with Gasteiger partial charge in [-0.3, -0.25) is 19.5 Å². The monoisotopic (exact) mass is 345 g/mol. The minimum atomic E-state index is -0.413. The van der Waals surface area contributed by atoms with Crippen LogP contribution in [0.2, 0.25) is 0 Å². The SMILES string of the molecule is Cc1ccccc1Nc1c(-c2ccc([N+](=O)[O-])cc2)nc2cnccn12. The van der Waals surface area contributed by atoms with Crippen molar-refractivity contribution >= 4 is 22.8 Å². The molecule has 0 unspecified atom stereocenters. The van der Waals surface area contributed by atoms with E-state index in [4.69, 9.17) is 0 Å². The number of hydrogen-bond acceptors (Lipinski definition) is 5. The number of non-ortho nitro benzene ring substituents is 1. The first-order chi connectivity index (χ1) is 12.6. The van der Waals surface area contributed by atoms with E-state index >= 15 is 0 Å². The number of aromatic nitrogens is 3. The van der Waals surface area contributed by atoms with Gasteiger partial charge in [-0.2, -0.15) is 0 Å². The van der Waals surface area contributed by atoms with Crippen molar-refractivity contribution < 1.29 is 4.92 Å². The Morgan fingerprint density at radius 1 is 1.12 bits per heavy atom. The second kappa shape index (κ2) is 6.29. The minimum Gasteiger partial charge on any atom is -0.339 e. The molecule has 1 N–H and O–H groups in total. The lowest BCUT2D eigenvalue weighted by atomic mass is 10.1. The molecule has 0 saturated carbocycles. The van der Waals surface area contributed by atoms with Crippen LogP contribution >= 0.6 is 0 Å². The van der Waals surface area contributed by atoms with E-state index in [0.29, 0.717) is 11.3 Å². The van der Waals surface area contributed by atoms with Crippen molar-refractivity contribution in [3.05, 3.63) is 82.8 Å². The zero-order valence-corrected chi connectivity index (χ0v) is 14.0. The topological polar surface area (TPSA) is 85.4 Å². The van der Waals surface area contributed by atoms with Crippen molar-refractivity contribution in [2.24, 2.45) is 0 Å². The smallest absolute Gasteiger partial charge is 0.269 e. The Hall–Kier alpha value is -3.74. The standard InChI is InChI=1S/C19H15N5O2/c1-13-4-2-3-5-16(13)21-19-18(22-17-12-20-10-11-23(17)19)14-6-8-15(9-7-14)24(25)26/h2-12,21H,1H3. The van der Waals surface area contributed by atoms with Gasteiger partial charge in [-0.15, -0.1) is 0 Å². The van der Waals surface area contributed by atoms with Gasteiger partial charge in [0.1, 0.15) is 11.5 Å². The number of nitro groups is 1. The molecule has 7 heteroatoms. The lowest BCUT2D eigenvalue weighted by Crippen LogP contribution is -1.98. The summed E-state index contributed by atoms with van der Waals surface area (Å²) in [4.78, 5) is 19.3. The molecule has 0 amide bonds. The quantitative estimate of drug-likeness (QED) is 0.439. The third kappa shape index (κ3) is 2.75. The summed E-state index contributed by atoms with van der Waals surface area (Å²) in [6.45, 7) is 2.03. The van der Waals surface area contributed by atoms with E-state index in [1.807, 2.05) is 41.8 Å². The van der Waals surface area contributed by atoms with Gasteiger partial charge in [0.05, 0.1) is 11.1 Å². The highest BCUT2D eigenvalue weighted by Gasteiger charge is 2.16. The summed E-state index contributed by atoms with van der Waals surface area (Å²) in [6, 6.07) is 14.3. The van der Waals surface area contributed by atoms with E-state index in [0.717, 1.165) is 22.6 Å². The summed E-state index contributed by atoms with van der Waals surface area (Å²) >= 11 is 0. The minimum absolute atomic E-state index is 0.0487. The van der Waals surface area contributed by atoms with Gasteiger partial charge in [-0.05, 0) is 30.7 Å². The van der Waals surface area contributed by atoms with Gasteiger partial charge in [0.15, 0.2) is 5.65 Å². The fourth-order valence-corrected chi connectivity index (χ4v) is 2.81. The molecule has 2 aromatic carbocycles. The number of hydrogen-bond donors (Lipinski definition) is 1. The second-order valence-corrected chi connectivity index (χ2v) is 5.86. The van der Waals surface area contributed by atoms with E-state index in [1.54, 1.807) is 24.5 Å². The summed E-state index contributed by atoms with van der Waals surface area (Å²) < 4.78 is 1.91. The number of nitrogens with zero attached hydrogens (tertiary/aromatic N) is 4. The second-order valence-electron chi connectivity index (χ2n) is 5.86. The fourth-order valence-electron chi connectivity index (χ4n) is 2.81. The summed E-state index contributed by atoms with van der Waals surface area (Å²) in [5.41, 5.74) is 4.30. The van der Waals surface area contributed by atoms with Crippen molar-refractivity contribution in [2.45, 2.75) is 6.92 Å². The first kappa shape index (κ1) is 15.8. The van der Waals surface area contributed by atoms with Crippen LogP contribution in [0.3, 0.4) is 0 Å². The van der Waals surface area contributed by atoms with Gasteiger partial charge < -0.3 is 5.32 Å². The maximum atomic E-state index is 10.9. The molecule has 0 aliphatic carbocycles. The molecule has 2 heterocycles. The Morgan fingerprint density at radius 2 is 1.88 bits per heavy atom. The Kier molecular flexibility index (Phi) is 3.81. The van der Waals surface area contributed by atoms with Crippen LogP contribution < -0.4 is 5.32 Å². The van der Waals surface area contributed by atoms with Gasteiger partial charge in [-0.1, -0.05) is 18.2 Å². The normalized spacial score (nSPS) is 10.8. The lowest BCUT2D eigenvalue weighted by Gasteiger charge is -2.11. The average Bonchev–Trinajstić information content (AvgIpc) is 3.02. The molecule has 0 aliphatic rings. The number of fused-ring (bicyclic) bond motifs is 1. The maximum Gasteiger partial charge on any atom is 0.269 e. The average molecular weight is 345 g/mol. The van der Waals surface area contributed by atoms with Gasteiger partial charge in [0.25, 0.3) is 5.69 Å². The van der Waals surface area contributed by atoms with Crippen LogP contribution in [0.25, 0.3) is 16.9 Å². The Morgan fingerprint density at radius 3 is 2.62 bits per heavy atom. The van der Waals surface area contributed by atoms with Crippen LogP contribution in [0.5, 0.6) is 0 Å². The van der Waals surface area contributed by atoms with Crippen LogP contribution in [0.4, 0.5) is 17.2 Å². The molecule has 128 valence electrons. The third-order valence-electron chi connectivity index (χ3n) is 4.18. The Bertz CT molecular complexity index is 1100. The number of nitrogens with one attached hydrogen (secondary N) is 1. The summed E-state index contributed by atoms with van der Waals surface area (Å²) in [5.74, 6) is 0.783. The molecule has 0 bridgehead atoms. The van der Waals surface area contributed by atoms with Crippen LogP contribution in [0.1, 0.15) is 5.56 Å². The maximum absolute atomic E-state index is 10.9. The zero-order chi connectivity index (χ0) is 18.1. The highest BCUT2D eigenvalue weighted by atomic mass is 16.6. The van der Waals surface area contributed by atoms with Crippen LogP contribution in [-0.4, -0.2) is 19.3 Å². The molecular formula is C19H15N5O2. The van der Waals surface area contributed by atoms with Crippen LogP contribution in [0.15, 0.2) is 67.1 Å². The lowest BCUT2D eigenvalue weighted by molar-refractivity contribution is -0.384. The fraction of sp³-hybridized carbons (Fsp3) is 0.0526. The number of benzene rings is 2. The molecule has 4 aromatic rings. The molecule has 0 spiro atoms. The predicted molar refractivity (Wildman–Crippen MR) is 99.5 cm³/mol. The van der Waals surface area contributed by atoms with Crippen molar-refractivity contribution in [2.75, 3.05) is 5.32 Å². The first-order valence-corrected chi connectivity index (χ1v) is 8.03. The van der Waals surface area contributed by atoms with Crippen molar-refractivity contribution in [1.29, 1.82) is 0 Å². The molecule has 7 nitrogen and oxygen atoms in total. The largest absolute Gasteiger partial charge is 0.339 e. The van der Waals surface area contributed by atoms with Crippen molar-refractivity contribution in [1.82, 2.24) is 14.4 Å². The Labute approximate surface area is 149 Å². The van der Waals surface area contributed by atoms with E-state index in [9.17, 15) is 10.1 Å². The van der Waals surface area contributed by atoms with E-state index in [1.165, 1.54) is 12.1 Å². The van der Waals surface area contributed by atoms with Crippen LogP contribution in [-0.2, 0) is 0 Å². The molecule has 0 atom stereocenters. The summed E-state index contributed by atoms with van der Waals surface area (Å²) in [6.07, 6.45) is 5.20. The van der Waals surface area contributed by atoms with E-state index in [2.05, 4.69) is 15.3 Å². The molecule has 26 heavy (non-hydrogen) atoms. The third-order valence-corrected chi connectivity index (χ3v) is 4.18. The highest BCUT2D eigenvalue weighted by molar-refractivity contribution is 5.80. The number of imidazole rings is 1. The summed E-state index contributed by atoms with van der Waals surface area (Å²) in [7, 11) is 0. The molecule has 4 rings (SSSR count). The van der Waals surface area contributed by atoms with Crippen LogP contribution in [0, 0.1) is 17.0 Å². The van der Waals surface area contributed by atoms with Gasteiger partial charge in [-0.25, -0.2) is 4.98 Å². The highest BCUT2D eigenvalue weighted by Crippen LogP contribution is 2.32. The molecular weight excluding hydrogens is 330 g/mol. The number of anilines is 2. The van der Waals surface area contributed by atoms with Gasteiger partial charge in [0.2, 0.25) is 0 Å². The van der Waals surface area contributed by atoms with E-state index < -0.39 is 4.92 Å². The Balaban J connectivity index is 1.86. The molecule has 0 aliphatic heterocycles. The summed E-state index contributed by atoms with van der Waals surface area (Å²) in [5, 5.41) is 14.3. The molecule has 0 fully saturated rings. The van der Waals surface area contributed by atoms with Gasteiger partial charge >= 0.3 is 0 Å². The molecule has 0 saturated heterocycles. The molecule has 2 aromatic heterocycles. The van der Waals surface area contributed by atoms with Gasteiger partial charge in [0, 0.05) is 35.8 Å². The number of nitro benzene ring substituents is 1. The number of rotatable bonds is 4. The molecule has 0 radical (unpaired) electrons. The zero-order valence-electron chi connectivity index (χ0n) is 14.0.